The molecule has 1 heterocycles. The zero-order valence-corrected chi connectivity index (χ0v) is 18.6. The molecule has 2 N–H and O–H groups in total. The Morgan fingerprint density at radius 2 is 2.03 bits per heavy atom. The molecule has 1 amide bonds. The Balaban J connectivity index is 1.69. The second-order valence-electron chi connectivity index (χ2n) is 6.53. The molecular weight excluding hydrogens is 445 g/mol. The predicted octanol–water partition coefficient (Wildman–Crippen LogP) is 5.16. The maximum atomic E-state index is 12.7. The van der Waals surface area contributed by atoms with Gasteiger partial charge in [0.25, 0.3) is 5.91 Å². The zero-order chi connectivity index (χ0) is 21.5. The molecule has 0 spiro atoms. The highest BCUT2D eigenvalue weighted by Crippen LogP contribution is 2.29. The van der Waals surface area contributed by atoms with E-state index >= 15 is 0 Å². The molecular formula is C21H21Cl2N3O3S. The molecule has 0 bridgehead atoms. The first-order chi connectivity index (χ1) is 14.5. The molecule has 2 aromatic carbocycles. The number of aromatic nitrogens is 2. The Morgan fingerprint density at radius 3 is 2.77 bits per heavy atom. The van der Waals surface area contributed by atoms with Gasteiger partial charge in [-0.2, -0.15) is 0 Å². The number of ether oxygens (including phenoxy) is 1. The molecule has 30 heavy (non-hydrogen) atoms. The summed E-state index contributed by atoms with van der Waals surface area (Å²) in [6.45, 7) is 2.51. The van der Waals surface area contributed by atoms with Crippen LogP contribution in [0.25, 0.3) is 11.0 Å². The van der Waals surface area contributed by atoms with E-state index in [1.807, 2.05) is 31.2 Å². The number of nitrogens with one attached hydrogen (secondary N) is 2. The first kappa shape index (κ1) is 22.5. The fourth-order valence-electron chi connectivity index (χ4n) is 2.74. The SMILES string of the molecule is CCCCNC(=O)C(OC(=O)CSc1nc2ccccc2[nH]1)c1ccc(Cl)cc1Cl. The first-order valence-electron chi connectivity index (χ1n) is 9.47. The van der Waals surface area contributed by atoms with Gasteiger partial charge < -0.3 is 15.0 Å². The molecule has 0 fully saturated rings. The number of hydrogen-bond acceptors (Lipinski definition) is 5. The maximum Gasteiger partial charge on any atom is 0.317 e. The number of para-hydroxylation sites is 2. The van der Waals surface area contributed by atoms with Crippen molar-refractivity contribution < 1.29 is 14.3 Å². The van der Waals surface area contributed by atoms with Crippen molar-refractivity contribution in [2.75, 3.05) is 12.3 Å². The number of halogens is 2. The van der Waals surface area contributed by atoms with Crippen LogP contribution >= 0.6 is 35.0 Å². The summed E-state index contributed by atoms with van der Waals surface area (Å²) in [6, 6.07) is 12.3. The highest BCUT2D eigenvalue weighted by atomic mass is 35.5. The second-order valence-corrected chi connectivity index (χ2v) is 8.34. The van der Waals surface area contributed by atoms with Crippen molar-refractivity contribution in [2.24, 2.45) is 0 Å². The van der Waals surface area contributed by atoms with Gasteiger partial charge in [-0.15, -0.1) is 0 Å². The van der Waals surface area contributed by atoms with Crippen LogP contribution in [0.1, 0.15) is 31.4 Å². The van der Waals surface area contributed by atoms with Crippen LogP contribution in [-0.4, -0.2) is 34.1 Å². The van der Waals surface area contributed by atoms with Crippen molar-refractivity contribution in [3.8, 4) is 0 Å². The third-order valence-electron chi connectivity index (χ3n) is 4.26. The van der Waals surface area contributed by atoms with Gasteiger partial charge in [0.2, 0.25) is 6.10 Å². The lowest BCUT2D eigenvalue weighted by molar-refractivity contribution is -0.154. The average Bonchev–Trinajstić information content (AvgIpc) is 3.14. The van der Waals surface area contributed by atoms with Crippen molar-refractivity contribution in [3.05, 3.63) is 58.1 Å². The van der Waals surface area contributed by atoms with Crippen LogP contribution in [0.3, 0.4) is 0 Å². The highest BCUT2D eigenvalue weighted by molar-refractivity contribution is 7.99. The van der Waals surface area contributed by atoms with E-state index in [-0.39, 0.29) is 10.8 Å². The van der Waals surface area contributed by atoms with E-state index < -0.39 is 18.0 Å². The Hall–Kier alpha value is -2.22. The molecule has 1 atom stereocenters. The Morgan fingerprint density at radius 1 is 1.23 bits per heavy atom. The number of hydrogen-bond donors (Lipinski definition) is 2. The van der Waals surface area contributed by atoms with Crippen molar-refractivity contribution in [1.29, 1.82) is 0 Å². The fraction of sp³-hybridized carbons (Fsp3) is 0.286. The summed E-state index contributed by atoms with van der Waals surface area (Å²) in [5.41, 5.74) is 2.08. The molecule has 6 nitrogen and oxygen atoms in total. The number of carbonyl (C=O) groups is 2. The van der Waals surface area contributed by atoms with Crippen LogP contribution < -0.4 is 5.32 Å². The van der Waals surface area contributed by atoms with Gasteiger partial charge in [0.1, 0.15) is 0 Å². The lowest BCUT2D eigenvalue weighted by Gasteiger charge is -2.19. The minimum atomic E-state index is -1.16. The van der Waals surface area contributed by atoms with Gasteiger partial charge in [-0.3, -0.25) is 9.59 Å². The number of benzene rings is 2. The molecule has 3 aromatic rings. The number of fused-ring (bicyclic) bond motifs is 1. The van der Waals surface area contributed by atoms with E-state index in [0.717, 1.165) is 23.9 Å². The Kier molecular flexibility index (Phi) is 8.01. The van der Waals surface area contributed by atoms with Crippen LogP contribution in [0.15, 0.2) is 47.6 Å². The number of unbranched alkanes of at least 4 members (excludes halogenated alkanes) is 1. The second kappa shape index (κ2) is 10.7. The van der Waals surface area contributed by atoms with Crippen molar-refractivity contribution in [2.45, 2.75) is 31.0 Å². The van der Waals surface area contributed by atoms with Crippen molar-refractivity contribution >= 4 is 57.9 Å². The Bertz CT molecular complexity index is 1010. The summed E-state index contributed by atoms with van der Waals surface area (Å²) < 4.78 is 5.50. The molecule has 0 aliphatic rings. The standard InChI is InChI=1S/C21H21Cl2N3O3S/c1-2-3-10-24-20(28)19(14-9-8-13(22)11-15(14)23)29-18(27)12-30-21-25-16-6-4-5-7-17(16)26-21/h4-9,11,19H,2-3,10,12H2,1H3,(H,24,28)(H,25,26). The number of nitrogens with zero attached hydrogens (tertiary/aromatic N) is 1. The molecule has 0 saturated heterocycles. The molecule has 1 aromatic heterocycles. The third-order valence-corrected chi connectivity index (χ3v) is 5.67. The smallest absolute Gasteiger partial charge is 0.317 e. The highest BCUT2D eigenvalue weighted by Gasteiger charge is 2.27. The first-order valence-corrected chi connectivity index (χ1v) is 11.2. The number of rotatable bonds is 9. The minimum Gasteiger partial charge on any atom is -0.447 e. The summed E-state index contributed by atoms with van der Waals surface area (Å²) in [4.78, 5) is 32.7. The van der Waals surface area contributed by atoms with Gasteiger partial charge in [-0.05, 0) is 30.7 Å². The molecule has 158 valence electrons. The molecule has 0 aliphatic carbocycles. The van der Waals surface area contributed by atoms with Gasteiger partial charge in [0.05, 0.1) is 16.8 Å². The largest absolute Gasteiger partial charge is 0.447 e. The summed E-state index contributed by atoms with van der Waals surface area (Å²) in [7, 11) is 0. The zero-order valence-electron chi connectivity index (χ0n) is 16.3. The summed E-state index contributed by atoms with van der Waals surface area (Å²) in [5, 5.41) is 4.08. The number of aromatic amines is 1. The van der Waals surface area contributed by atoms with Crippen molar-refractivity contribution in [1.82, 2.24) is 15.3 Å². The molecule has 3 rings (SSSR count). The third kappa shape index (κ3) is 5.90. The predicted molar refractivity (Wildman–Crippen MR) is 120 cm³/mol. The Labute approximate surface area is 188 Å². The van der Waals surface area contributed by atoms with E-state index in [4.69, 9.17) is 27.9 Å². The van der Waals surface area contributed by atoms with Gasteiger partial charge >= 0.3 is 5.97 Å². The van der Waals surface area contributed by atoms with Crippen molar-refractivity contribution in [3.63, 3.8) is 0 Å². The van der Waals surface area contributed by atoms with E-state index in [1.165, 1.54) is 17.8 Å². The number of thioether (sulfide) groups is 1. The summed E-state index contributed by atoms with van der Waals surface area (Å²) in [6.07, 6.45) is 0.596. The van der Waals surface area contributed by atoms with Crippen LogP contribution in [0.5, 0.6) is 0 Å². The maximum absolute atomic E-state index is 12.7. The normalized spacial score (nSPS) is 12.0. The quantitative estimate of drug-likeness (QED) is 0.259. The van der Waals surface area contributed by atoms with Crippen LogP contribution in [0, 0.1) is 0 Å². The van der Waals surface area contributed by atoms with Crippen LogP contribution in [0.2, 0.25) is 10.0 Å². The fourth-order valence-corrected chi connectivity index (χ4v) is 3.92. The number of imidazole rings is 1. The molecule has 9 heteroatoms. The number of esters is 1. The van der Waals surface area contributed by atoms with Gasteiger partial charge in [-0.25, -0.2) is 4.98 Å². The molecule has 0 saturated carbocycles. The van der Waals surface area contributed by atoms with Crippen LogP contribution in [-0.2, 0) is 14.3 Å². The van der Waals surface area contributed by atoms with Gasteiger partial charge in [0.15, 0.2) is 5.16 Å². The summed E-state index contributed by atoms with van der Waals surface area (Å²) in [5.74, 6) is -0.985. The minimum absolute atomic E-state index is 0.0101. The van der Waals surface area contributed by atoms with Gasteiger partial charge in [-0.1, -0.05) is 66.5 Å². The van der Waals surface area contributed by atoms with E-state index in [9.17, 15) is 9.59 Å². The molecule has 0 radical (unpaired) electrons. The van der Waals surface area contributed by atoms with Gasteiger partial charge in [0, 0.05) is 22.2 Å². The number of H-pyrrole nitrogens is 1. The van der Waals surface area contributed by atoms with E-state index in [0.29, 0.717) is 22.3 Å². The van der Waals surface area contributed by atoms with E-state index in [1.54, 1.807) is 12.1 Å². The number of carbonyl (C=O) groups excluding carboxylic acids is 2. The lowest BCUT2D eigenvalue weighted by Crippen LogP contribution is -2.33. The lowest BCUT2D eigenvalue weighted by atomic mass is 10.1. The molecule has 0 aliphatic heterocycles. The van der Waals surface area contributed by atoms with Crippen LogP contribution in [0.4, 0.5) is 0 Å². The topological polar surface area (TPSA) is 84.1 Å². The average molecular weight is 466 g/mol. The number of amides is 1. The monoisotopic (exact) mass is 465 g/mol. The summed E-state index contributed by atoms with van der Waals surface area (Å²) >= 11 is 13.4. The van der Waals surface area contributed by atoms with E-state index in [2.05, 4.69) is 15.3 Å². The molecule has 1 unspecified atom stereocenters.